The molecule has 36 heavy (non-hydrogen) atoms. The number of aliphatic imine (C=N–C) groups is 1. The number of carbonyl (C=O) groups excluding carboxylic acids is 2. The first-order chi connectivity index (χ1) is 17.3. The SMILES string of the molecule is Cc1cccc(NC(=O)CCCC2CCC[C@H](C[C@@]3(CCC4CCCCC4)N=C(N)N(C)C3=O)C2)c1. The smallest absolute Gasteiger partial charge is 0.257 e. The molecule has 2 aliphatic carbocycles. The first-order valence-electron chi connectivity index (χ1n) is 14.3. The van der Waals surface area contributed by atoms with Gasteiger partial charge in [-0.3, -0.25) is 14.5 Å². The number of nitrogens with one attached hydrogen (secondary N) is 1. The lowest BCUT2D eigenvalue weighted by molar-refractivity contribution is -0.131. The summed E-state index contributed by atoms with van der Waals surface area (Å²) in [5, 5.41) is 3.03. The molecule has 3 atom stereocenters. The van der Waals surface area contributed by atoms with Crippen molar-refractivity contribution in [3.05, 3.63) is 29.8 Å². The van der Waals surface area contributed by atoms with E-state index in [0.717, 1.165) is 55.7 Å². The minimum absolute atomic E-state index is 0.0963. The summed E-state index contributed by atoms with van der Waals surface area (Å²) in [6.07, 6.45) is 16.6. The summed E-state index contributed by atoms with van der Waals surface area (Å²) >= 11 is 0. The molecule has 0 saturated heterocycles. The molecule has 1 aromatic carbocycles. The molecule has 3 aliphatic rings. The molecule has 1 heterocycles. The number of carbonyl (C=O) groups is 2. The predicted molar refractivity (Wildman–Crippen MR) is 147 cm³/mol. The van der Waals surface area contributed by atoms with Crippen molar-refractivity contribution >= 4 is 23.5 Å². The first kappa shape index (κ1) is 26.7. The van der Waals surface area contributed by atoms with Crippen LogP contribution in [0, 0.1) is 24.7 Å². The second-order valence-electron chi connectivity index (χ2n) is 11.8. The monoisotopic (exact) mass is 494 g/mol. The quantitative estimate of drug-likeness (QED) is 0.407. The molecule has 3 N–H and O–H groups in total. The molecule has 1 aromatic rings. The predicted octanol–water partition coefficient (Wildman–Crippen LogP) is 6.19. The zero-order valence-electron chi connectivity index (χ0n) is 22.4. The van der Waals surface area contributed by atoms with E-state index in [-0.39, 0.29) is 11.8 Å². The maximum atomic E-state index is 13.4. The maximum absolute atomic E-state index is 13.4. The highest BCUT2D eigenvalue weighted by atomic mass is 16.2. The fraction of sp³-hybridized carbons (Fsp3) is 0.700. The van der Waals surface area contributed by atoms with Crippen LogP contribution in [0.5, 0.6) is 0 Å². The van der Waals surface area contributed by atoms with Gasteiger partial charge in [0.15, 0.2) is 5.96 Å². The lowest BCUT2D eigenvalue weighted by Crippen LogP contribution is -2.44. The van der Waals surface area contributed by atoms with Gasteiger partial charge in [-0.05, 0) is 80.9 Å². The maximum Gasteiger partial charge on any atom is 0.257 e. The zero-order chi connectivity index (χ0) is 25.5. The van der Waals surface area contributed by atoms with Gasteiger partial charge in [0.25, 0.3) is 5.91 Å². The van der Waals surface area contributed by atoms with Crippen LogP contribution in [0.4, 0.5) is 5.69 Å². The third-order valence-corrected chi connectivity index (χ3v) is 8.90. The van der Waals surface area contributed by atoms with E-state index in [0.29, 0.717) is 24.2 Å². The van der Waals surface area contributed by atoms with Crippen LogP contribution in [-0.4, -0.2) is 35.3 Å². The van der Waals surface area contributed by atoms with E-state index in [4.69, 9.17) is 10.7 Å². The lowest BCUT2D eigenvalue weighted by atomic mass is 9.72. The summed E-state index contributed by atoms with van der Waals surface area (Å²) in [5.74, 6) is 2.45. The number of rotatable bonds is 10. The van der Waals surface area contributed by atoms with E-state index in [2.05, 4.69) is 5.32 Å². The molecule has 6 heteroatoms. The van der Waals surface area contributed by atoms with Crippen molar-refractivity contribution in [1.29, 1.82) is 0 Å². The van der Waals surface area contributed by atoms with Gasteiger partial charge in [-0.1, -0.05) is 63.5 Å². The minimum Gasteiger partial charge on any atom is -0.369 e. The van der Waals surface area contributed by atoms with Gasteiger partial charge in [-0.2, -0.15) is 0 Å². The van der Waals surface area contributed by atoms with Crippen LogP contribution in [0.1, 0.15) is 102 Å². The molecule has 0 radical (unpaired) electrons. The van der Waals surface area contributed by atoms with Crippen molar-refractivity contribution in [3.63, 3.8) is 0 Å². The fourth-order valence-electron chi connectivity index (χ4n) is 6.90. The molecule has 0 bridgehead atoms. The van der Waals surface area contributed by atoms with E-state index in [1.54, 1.807) is 11.9 Å². The van der Waals surface area contributed by atoms with E-state index in [1.807, 2.05) is 31.2 Å². The van der Waals surface area contributed by atoms with Crippen LogP contribution in [0.2, 0.25) is 0 Å². The Labute approximate surface area is 217 Å². The van der Waals surface area contributed by atoms with E-state index in [1.165, 1.54) is 51.4 Å². The van der Waals surface area contributed by atoms with Crippen LogP contribution in [0.25, 0.3) is 0 Å². The second-order valence-corrected chi connectivity index (χ2v) is 11.8. The van der Waals surface area contributed by atoms with Gasteiger partial charge >= 0.3 is 0 Å². The molecule has 2 fully saturated rings. The van der Waals surface area contributed by atoms with Gasteiger partial charge in [-0.15, -0.1) is 0 Å². The molecule has 2 saturated carbocycles. The number of amides is 2. The van der Waals surface area contributed by atoms with Gasteiger partial charge in [0.2, 0.25) is 5.91 Å². The largest absolute Gasteiger partial charge is 0.369 e. The molecule has 0 spiro atoms. The highest BCUT2D eigenvalue weighted by molar-refractivity contribution is 6.06. The Balaban J connectivity index is 1.28. The first-order valence-corrected chi connectivity index (χ1v) is 14.3. The van der Waals surface area contributed by atoms with Gasteiger partial charge in [0, 0.05) is 19.2 Å². The van der Waals surface area contributed by atoms with Crippen molar-refractivity contribution in [2.75, 3.05) is 12.4 Å². The Morgan fingerprint density at radius 1 is 1.08 bits per heavy atom. The normalized spacial score (nSPS) is 27.2. The number of likely N-dealkylation sites (N-methyl/N-ethyl adjacent to an activating group) is 1. The Morgan fingerprint density at radius 3 is 2.56 bits per heavy atom. The minimum atomic E-state index is -0.656. The molecular formula is C30H46N4O2. The average molecular weight is 495 g/mol. The number of guanidine groups is 1. The fourth-order valence-corrected chi connectivity index (χ4v) is 6.90. The summed E-state index contributed by atoms with van der Waals surface area (Å²) in [6, 6.07) is 7.95. The highest BCUT2D eigenvalue weighted by Crippen LogP contribution is 2.42. The summed E-state index contributed by atoms with van der Waals surface area (Å²) in [7, 11) is 1.77. The number of anilines is 1. The third kappa shape index (κ3) is 6.89. The van der Waals surface area contributed by atoms with E-state index >= 15 is 0 Å². The molecule has 198 valence electrons. The molecule has 4 rings (SSSR count). The van der Waals surface area contributed by atoms with Crippen LogP contribution in [0.3, 0.4) is 0 Å². The van der Waals surface area contributed by atoms with Crippen molar-refractivity contribution in [2.45, 2.75) is 109 Å². The molecule has 6 nitrogen and oxygen atoms in total. The second kappa shape index (κ2) is 12.2. The lowest BCUT2D eigenvalue weighted by Gasteiger charge is -2.35. The summed E-state index contributed by atoms with van der Waals surface area (Å²) in [4.78, 5) is 32.2. The number of benzene rings is 1. The molecule has 0 aromatic heterocycles. The number of aryl methyl sites for hydroxylation is 1. The Morgan fingerprint density at radius 2 is 1.83 bits per heavy atom. The summed E-state index contributed by atoms with van der Waals surface area (Å²) < 4.78 is 0. The number of nitrogens with zero attached hydrogens (tertiary/aromatic N) is 2. The summed E-state index contributed by atoms with van der Waals surface area (Å²) in [5.41, 5.74) is 7.53. The van der Waals surface area contributed by atoms with Crippen molar-refractivity contribution in [2.24, 2.45) is 28.5 Å². The average Bonchev–Trinajstić information content (AvgIpc) is 3.07. The Hall–Kier alpha value is -2.37. The molecule has 1 aliphatic heterocycles. The third-order valence-electron chi connectivity index (χ3n) is 8.90. The van der Waals surface area contributed by atoms with Crippen LogP contribution in [-0.2, 0) is 9.59 Å². The van der Waals surface area contributed by atoms with Crippen molar-refractivity contribution in [1.82, 2.24) is 4.90 Å². The van der Waals surface area contributed by atoms with Crippen molar-refractivity contribution in [3.8, 4) is 0 Å². The topological polar surface area (TPSA) is 87.8 Å². The van der Waals surface area contributed by atoms with Crippen molar-refractivity contribution < 1.29 is 9.59 Å². The highest BCUT2D eigenvalue weighted by Gasteiger charge is 2.47. The number of hydrogen-bond acceptors (Lipinski definition) is 4. The number of hydrogen-bond donors (Lipinski definition) is 2. The van der Waals surface area contributed by atoms with Gasteiger partial charge in [-0.25, -0.2) is 4.99 Å². The van der Waals surface area contributed by atoms with E-state index in [9.17, 15) is 9.59 Å². The Bertz CT molecular complexity index is 939. The molecule has 1 unspecified atom stereocenters. The zero-order valence-corrected chi connectivity index (χ0v) is 22.4. The van der Waals surface area contributed by atoms with Crippen LogP contribution < -0.4 is 11.1 Å². The molecular weight excluding hydrogens is 448 g/mol. The van der Waals surface area contributed by atoms with E-state index < -0.39 is 5.54 Å². The number of nitrogens with two attached hydrogens (primary N) is 1. The van der Waals surface area contributed by atoms with Gasteiger partial charge in [0.05, 0.1) is 0 Å². The Kier molecular flexibility index (Phi) is 9.08. The summed E-state index contributed by atoms with van der Waals surface area (Å²) in [6.45, 7) is 2.03. The molecule has 2 amide bonds. The standard InChI is InChI=1S/C30H46N4O2/c1-22-9-6-15-26(19-22)32-27(35)16-8-13-24-12-7-14-25(20-24)21-30(28(36)34(2)29(31)33-30)18-17-23-10-4-3-5-11-23/h6,9,15,19,23-25H,3-5,7-8,10-14,16-18,20-21H2,1-2H3,(H2,31,33)(H,32,35)/t24?,25-,30+/m0/s1. The van der Waals surface area contributed by atoms with Gasteiger partial charge in [0.1, 0.15) is 5.54 Å². The van der Waals surface area contributed by atoms with Crippen LogP contribution in [0.15, 0.2) is 29.3 Å². The van der Waals surface area contributed by atoms with Gasteiger partial charge < -0.3 is 11.1 Å². The van der Waals surface area contributed by atoms with Crippen LogP contribution >= 0.6 is 0 Å².